The van der Waals surface area contributed by atoms with Crippen LogP contribution in [0.4, 0.5) is 0 Å². The lowest BCUT2D eigenvalue weighted by atomic mass is 9.96. The Balaban J connectivity index is 1.99. The highest BCUT2D eigenvalue weighted by Gasteiger charge is 2.31. The summed E-state index contributed by atoms with van der Waals surface area (Å²) in [5, 5.41) is 3.67. The zero-order chi connectivity index (χ0) is 15.6. The van der Waals surface area contributed by atoms with E-state index in [1.165, 1.54) is 16.9 Å². The van der Waals surface area contributed by atoms with E-state index in [1.54, 1.807) is 37.4 Å². The summed E-state index contributed by atoms with van der Waals surface area (Å²) < 4.78 is 32.7. The molecule has 1 aromatic carbocycles. The molecule has 2 aromatic rings. The van der Waals surface area contributed by atoms with Crippen LogP contribution in [-0.2, 0) is 10.0 Å². The number of aromatic nitrogens is 1. The van der Waals surface area contributed by atoms with Crippen molar-refractivity contribution in [3.8, 4) is 11.3 Å². The molecule has 1 fully saturated rings. The van der Waals surface area contributed by atoms with E-state index in [0.29, 0.717) is 11.3 Å². The maximum absolute atomic E-state index is 13.0. The normalized spacial score (nSPS) is 17.0. The molecule has 0 bridgehead atoms. The third-order valence-corrected chi connectivity index (χ3v) is 6.30. The predicted molar refractivity (Wildman–Crippen MR) is 83.8 cm³/mol. The maximum Gasteiger partial charge on any atom is 0.243 e. The minimum absolute atomic E-state index is 0.0848. The second kappa shape index (κ2) is 6.22. The van der Waals surface area contributed by atoms with Gasteiger partial charge in [-0.05, 0) is 25.0 Å². The largest absolute Gasteiger partial charge is 0.356 e. The van der Waals surface area contributed by atoms with E-state index in [-0.39, 0.29) is 10.9 Å². The summed E-state index contributed by atoms with van der Waals surface area (Å²) in [4.78, 5) is 0.278. The van der Waals surface area contributed by atoms with E-state index >= 15 is 0 Å². The van der Waals surface area contributed by atoms with Gasteiger partial charge < -0.3 is 4.52 Å². The fraction of sp³-hybridized carbons (Fsp3) is 0.438. The van der Waals surface area contributed by atoms with Crippen molar-refractivity contribution in [1.82, 2.24) is 9.46 Å². The first-order valence-electron chi connectivity index (χ1n) is 7.59. The van der Waals surface area contributed by atoms with Crippen molar-refractivity contribution < 1.29 is 12.9 Å². The smallest absolute Gasteiger partial charge is 0.243 e. The third kappa shape index (κ3) is 2.80. The molecule has 118 valence electrons. The highest BCUT2D eigenvalue weighted by atomic mass is 32.2. The van der Waals surface area contributed by atoms with Gasteiger partial charge in [0, 0.05) is 24.7 Å². The molecule has 0 aliphatic heterocycles. The van der Waals surface area contributed by atoms with Crippen molar-refractivity contribution in [2.45, 2.75) is 43.0 Å². The van der Waals surface area contributed by atoms with Crippen LogP contribution < -0.4 is 0 Å². The lowest BCUT2D eigenvalue weighted by Crippen LogP contribution is -2.38. The molecule has 22 heavy (non-hydrogen) atoms. The summed E-state index contributed by atoms with van der Waals surface area (Å²) in [6.45, 7) is 0. The fourth-order valence-corrected chi connectivity index (χ4v) is 4.66. The number of rotatable bonds is 4. The second-order valence-corrected chi connectivity index (χ2v) is 7.65. The Morgan fingerprint density at radius 1 is 1.14 bits per heavy atom. The maximum atomic E-state index is 13.0. The Hall–Kier alpha value is -1.66. The second-order valence-electron chi connectivity index (χ2n) is 5.69. The fourth-order valence-electron chi connectivity index (χ4n) is 3.05. The van der Waals surface area contributed by atoms with Gasteiger partial charge in [0.15, 0.2) is 5.76 Å². The Morgan fingerprint density at radius 2 is 1.86 bits per heavy atom. The van der Waals surface area contributed by atoms with Gasteiger partial charge in [0.05, 0.1) is 11.1 Å². The van der Waals surface area contributed by atoms with Crippen molar-refractivity contribution >= 4 is 10.0 Å². The number of sulfonamides is 1. The first kappa shape index (κ1) is 15.2. The molecule has 1 aromatic heterocycles. The molecule has 1 saturated carbocycles. The summed E-state index contributed by atoms with van der Waals surface area (Å²) in [7, 11) is -1.87. The van der Waals surface area contributed by atoms with Crippen LogP contribution in [0.2, 0.25) is 0 Å². The van der Waals surface area contributed by atoms with Gasteiger partial charge in [-0.3, -0.25) is 0 Å². The molecule has 0 radical (unpaired) electrons. The van der Waals surface area contributed by atoms with E-state index in [4.69, 9.17) is 4.52 Å². The molecular formula is C16H20N2O3S. The van der Waals surface area contributed by atoms with E-state index in [2.05, 4.69) is 5.16 Å². The van der Waals surface area contributed by atoms with Crippen molar-refractivity contribution in [3.05, 3.63) is 36.5 Å². The summed E-state index contributed by atoms with van der Waals surface area (Å²) in [6, 6.07) is 8.68. The van der Waals surface area contributed by atoms with Crippen molar-refractivity contribution in [2.75, 3.05) is 7.05 Å². The first-order chi connectivity index (χ1) is 10.6. The van der Waals surface area contributed by atoms with Gasteiger partial charge in [-0.15, -0.1) is 0 Å². The van der Waals surface area contributed by atoms with Crippen LogP contribution in [-0.4, -0.2) is 31.0 Å². The van der Waals surface area contributed by atoms with Gasteiger partial charge in [-0.1, -0.05) is 36.6 Å². The van der Waals surface area contributed by atoms with Crippen molar-refractivity contribution in [2.24, 2.45) is 0 Å². The van der Waals surface area contributed by atoms with Gasteiger partial charge in [-0.25, -0.2) is 8.42 Å². The Kier molecular flexibility index (Phi) is 4.31. The van der Waals surface area contributed by atoms with Crippen molar-refractivity contribution in [1.29, 1.82) is 0 Å². The molecule has 0 atom stereocenters. The number of nitrogens with zero attached hydrogens (tertiary/aromatic N) is 2. The molecule has 3 rings (SSSR count). The Labute approximate surface area is 131 Å². The van der Waals surface area contributed by atoms with E-state index < -0.39 is 10.0 Å². The van der Waals surface area contributed by atoms with Crippen LogP contribution >= 0.6 is 0 Å². The van der Waals surface area contributed by atoms with Crippen LogP contribution in [0.15, 0.2) is 45.9 Å². The van der Waals surface area contributed by atoms with E-state index in [0.717, 1.165) is 25.7 Å². The average molecular weight is 320 g/mol. The Bertz CT molecular complexity index is 720. The van der Waals surface area contributed by atoms with Crippen LogP contribution in [0.5, 0.6) is 0 Å². The van der Waals surface area contributed by atoms with Gasteiger partial charge in [0.1, 0.15) is 0 Å². The summed E-state index contributed by atoms with van der Waals surface area (Å²) >= 11 is 0. The zero-order valence-corrected chi connectivity index (χ0v) is 13.4. The van der Waals surface area contributed by atoms with Crippen LogP contribution in [0, 0.1) is 0 Å². The van der Waals surface area contributed by atoms with Crippen LogP contribution in [0.3, 0.4) is 0 Å². The molecule has 6 heteroatoms. The zero-order valence-electron chi connectivity index (χ0n) is 12.6. The highest BCUT2D eigenvalue weighted by Crippen LogP contribution is 2.32. The van der Waals surface area contributed by atoms with Gasteiger partial charge in [-0.2, -0.15) is 4.31 Å². The SMILES string of the molecule is CN(C1CCCCC1)S(=O)(=O)c1ccccc1-c1ccno1. The number of hydrogen-bond donors (Lipinski definition) is 0. The van der Waals surface area contributed by atoms with E-state index in [1.807, 2.05) is 0 Å². The molecule has 0 amide bonds. The van der Waals surface area contributed by atoms with Gasteiger partial charge in [0.25, 0.3) is 0 Å². The third-order valence-electron chi connectivity index (χ3n) is 4.34. The molecule has 1 aliphatic carbocycles. The topological polar surface area (TPSA) is 63.4 Å². The monoisotopic (exact) mass is 320 g/mol. The minimum atomic E-state index is -3.55. The molecule has 0 spiro atoms. The first-order valence-corrected chi connectivity index (χ1v) is 9.03. The predicted octanol–water partition coefficient (Wildman–Crippen LogP) is 3.29. The molecule has 1 aliphatic rings. The standard InChI is InChI=1S/C16H20N2O3S/c1-18(13-7-3-2-4-8-13)22(19,20)16-10-6-5-9-14(16)15-11-12-17-21-15/h5-6,9-13H,2-4,7-8H2,1H3. The lowest BCUT2D eigenvalue weighted by molar-refractivity contribution is 0.286. The van der Waals surface area contributed by atoms with Crippen LogP contribution in [0.25, 0.3) is 11.3 Å². The molecule has 5 nitrogen and oxygen atoms in total. The molecule has 0 saturated heterocycles. The van der Waals surface area contributed by atoms with E-state index in [9.17, 15) is 8.42 Å². The van der Waals surface area contributed by atoms with Gasteiger partial charge in [0.2, 0.25) is 10.0 Å². The molecule has 1 heterocycles. The minimum Gasteiger partial charge on any atom is -0.356 e. The number of benzene rings is 1. The summed E-state index contributed by atoms with van der Waals surface area (Å²) in [5.41, 5.74) is 0.558. The number of hydrogen-bond acceptors (Lipinski definition) is 4. The summed E-state index contributed by atoms with van der Waals surface area (Å²) in [5.74, 6) is 0.469. The Morgan fingerprint density at radius 3 is 2.55 bits per heavy atom. The molecule has 0 N–H and O–H groups in total. The lowest BCUT2D eigenvalue weighted by Gasteiger charge is -2.30. The highest BCUT2D eigenvalue weighted by molar-refractivity contribution is 7.89. The summed E-state index contributed by atoms with van der Waals surface area (Å²) in [6.07, 6.45) is 6.76. The van der Waals surface area contributed by atoms with Gasteiger partial charge >= 0.3 is 0 Å². The molecule has 0 unspecified atom stereocenters. The molecular weight excluding hydrogens is 300 g/mol. The van der Waals surface area contributed by atoms with Crippen molar-refractivity contribution in [3.63, 3.8) is 0 Å². The quantitative estimate of drug-likeness (QED) is 0.867. The van der Waals surface area contributed by atoms with Crippen LogP contribution in [0.1, 0.15) is 32.1 Å². The average Bonchev–Trinajstić information content (AvgIpc) is 3.09.